The number of hydrogen-bond donors (Lipinski definition) is 1. The first-order valence-electron chi connectivity index (χ1n) is 6.08. The average Bonchev–Trinajstić information content (AvgIpc) is 2.94. The van der Waals surface area contributed by atoms with Crippen molar-refractivity contribution in [1.29, 1.82) is 0 Å². The van der Waals surface area contributed by atoms with Gasteiger partial charge in [0.2, 0.25) is 0 Å². The lowest BCUT2D eigenvalue weighted by molar-refractivity contribution is 0.551. The van der Waals surface area contributed by atoms with Crippen LogP contribution in [0.15, 0.2) is 29.9 Å². The Morgan fingerprint density at radius 1 is 1.47 bits per heavy atom. The zero-order valence-corrected chi connectivity index (χ0v) is 11.0. The van der Waals surface area contributed by atoms with E-state index in [1.165, 1.54) is 11.3 Å². The molecule has 0 fully saturated rings. The highest BCUT2D eigenvalue weighted by atomic mass is 32.1. The van der Waals surface area contributed by atoms with Crippen LogP contribution in [0, 0.1) is 0 Å². The molecule has 0 spiro atoms. The average molecular weight is 249 g/mol. The topological polar surface area (TPSA) is 43.8 Å². The Balaban J connectivity index is 1.91. The standard InChI is InChI=1S/C13H19N3S/c1-11(14)5-2-3-8-16-9-7-15-13(16)12-6-4-10-17-12/h4,6-7,9-11H,2-3,5,8,14H2,1H3. The number of thiophene rings is 1. The maximum absolute atomic E-state index is 5.74. The van der Waals surface area contributed by atoms with Crippen molar-refractivity contribution in [2.24, 2.45) is 5.73 Å². The highest BCUT2D eigenvalue weighted by molar-refractivity contribution is 7.13. The van der Waals surface area contributed by atoms with Crippen LogP contribution in [0.4, 0.5) is 0 Å². The van der Waals surface area contributed by atoms with Crippen molar-refractivity contribution in [1.82, 2.24) is 9.55 Å². The minimum Gasteiger partial charge on any atom is -0.330 e. The smallest absolute Gasteiger partial charge is 0.149 e. The Morgan fingerprint density at radius 3 is 3.06 bits per heavy atom. The van der Waals surface area contributed by atoms with E-state index in [9.17, 15) is 0 Å². The van der Waals surface area contributed by atoms with Crippen LogP contribution in [0.1, 0.15) is 26.2 Å². The number of nitrogens with zero attached hydrogens (tertiary/aromatic N) is 2. The molecule has 0 aliphatic rings. The summed E-state index contributed by atoms with van der Waals surface area (Å²) in [6.07, 6.45) is 7.38. The minimum atomic E-state index is 0.314. The Kier molecular flexibility index (Phi) is 4.34. The van der Waals surface area contributed by atoms with Crippen LogP contribution in [0.25, 0.3) is 10.7 Å². The third kappa shape index (κ3) is 3.41. The number of aryl methyl sites for hydroxylation is 1. The van der Waals surface area contributed by atoms with Crippen molar-refractivity contribution < 1.29 is 0 Å². The van der Waals surface area contributed by atoms with Gasteiger partial charge in [-0.3, -0.25) is 0 Å². The number of aromatic nitrogens is 2. The maximum atomic E-state index is 5.74. The molecule has 0 amide bonds. The Morgan fingerprint density at radius 2 is 2.35 bits per heavy atom. The molecule has 2 aromatic heterocycles. The molecule has 2 aromatic rings. The van der Waals surface area contributed by atoms with Gasteiger partial charge in [0.05, 0.1) is 4.88 Å². The van der Waals surface area contributed by atoms with E-state index in [0.717, 1.165) is 25.2 Å². The second kappa shape index (κ2) is 5.98. The quantitative estimate of drug-likeness (QED) is 0.799. The van der Waals surface area contributed by atoms with Crippen molar-refractivity contribution in [3.8, 4) is 10.7 Å². The van der Waals surface area contributed by atoms with Crippen molar-refractivity contribution >= 4 is 11.3 Å². The molecule has 0 saturated carbocycles. The van der Waals surface area contributed by atoms with E-state index in [1.807, 2.05) is 6.20 Å². The lowest BCUT2D eigenvalue weighted by atomic mass is 10.1. The summed E-state index contributed by atoms with van der Waals surface area (Å²) in [6.45, 7) is 3.09. The fourth-order valence-electron chi connectivity index (χ4n) is 1.87. The van der Waals surface area contributed by atoms with Gasteiger partial charge < -0.3 is 10.3 Å². The van der Waals surface area contributed by atoms with Gasteiger partial charge in [-0.05, 0) is 31.2 Å². The first-order valence-corrected chi connectivity index (χ1v) is 6.96. The van der Waals surface area contributed by atoms with E-state index >= 15 is 0 Å². The zero-order valence-electron chi connectivity index (χ0n) is 10.2. The van der Waals surface area contributed by atoms with E-state index in [1.54, 1.807) is 11.3 Å². The predicted molar refractivity (Wildman–Crippen MR) is 73.0 cm³/mol. The van der Waals surface area contributed by atoms with E-state index < -0.39 is 0 Å². The molecule has 0 bridgehead atoms. The van der Waals surface area contributed by atoms with Crippen molar-refractivity contribution in [3.05, 3.63) is 29.9 Å². The van der Waals surface area contributed by atoms with Gasteiger partial charge in [0.1, 0.15) is 5.82 Å². The fraction of sp³-hybridized carbons (Fsp3) is 0.462. The monoisotopic (exact) mass is 249 g/mol. The first kappa shape index (κ1) is 12.3. The van der Waals surface area contributed by atoms with Crippen molar-refractivity contribution in [2.45, 2.75) is 38.8 Å². The summed E-state index contributed by atoms with van der Waals surface area (Å²) in [7, 11) is 0. The Hall–Kier alpha value is -1.13. The zero-order chi connectivity index (χ0) is 12.1. The van der Waals surface area contributed by atoms with Crippen LogP contribution >= 0.6 is 11.3 Å². The molecule has 0 aliphatic heterocycles. The molecule has 0 saturated heterocycles. The second-order valence-electron chi connectivity index (χ2n) is 4.39. The number of imidazole rings is 1. The van der Waals surface area contributed by atoms with E-state index in [-0.39, 0.29) is 0 Å². The first-order chi connectivity index (χ1) is 8.27. The molecule has 0 aromatic carbocycles. The van der Waals surface area contributed by atoms with Gasteiger partial charge in [-0.1, -0.05) is 12.5 Å². The van der Waals surface area contributed by atoms with Crippen molar-refractivity contribution in [3.63, 3.8) is 0 Å². The summed E-state index contributed by atoms with van der Waals surface area (Å²) in [5.41, 5.74) is 5.74. The summed E-state index contributed by atoms with van der Waals surface area (Å²) < 4.78 is 2.23. The molecule has 1 unspecified atom stereocenters. The predicted octanol–water partition coefficient (Wildman–Crippen LogP) is 3.13. The third-order valence-corrected chi connectivity index (χ3v) is 3.63. The molecule has 92 valence electrons. The molecule has 4 heteroatoms. The van der Waals surface area contributed by atoms with Crippen LogP contribution in [-0.4, -0.2) is 15.6 Å². The van der Waals surface area contributed by atoms with Gasteiger partial charge in [0.15, 0.2) is 0 Å². The van der Waals surface area contributed by atoms with Gasteiger partial charge >= 0.3 is 0 Å². The number of unbranched alkanes of at least 4 members (excludes halogenated alkanes) is 1. The van der Waals surface area contributed by atoms with Crippen LogP contribution in [0.3, 0.4) is 0 Å². The van der Waals surface area contributed by atoms with Gasteiger partial charge in [-0.2, -0.15) is 0 Å². The third-order valence-electron chi connectivity index (χ3n) is 2.77. The minimum absolute atomic E-state index is 0.314. The van der Waals surface area contributed by atoms with Gasteiger partial charge in [-0.25, -0.2) is 4.98 Å². The summed E-state index contributed by atoms with van der Waals surface area (Å²) in [5.74, 6) is 1.08. The molecule has 2 heterocycles. The maximum Gasteiger partial charge on any atom is 0.149 e. The van der Waals surface area contributed by atoms with E-state index in [0.29, 0.717) is 6.04 Å². The highest BCUT2D eigenvalue weighted by Crippen LogP contribution is 2.23. The van der Waals surface area contributed by atoms with Gasteiger partial charge in [-0.15, -0.1) is 11.3 Å². The van der Waals surface area contributed by atoms with Crippen LogP contribution in [-0.2, 0) is 6.54 Å². The summed E-state index contributed by atoms with van der Waals surface area (Å²) >= 11 is 1.74. The summed E-state index contributed by atoms with van der Waals surface area (Å²) in [5, 5.41) is 2.09. The number of rotatable bonds is 6. The molecular weight excluding hydrogens is 230 g/mol. The van der Waals surface area contributed by atoms with E-state index in [4.69, 9.17) is 5.73 Å². The molecule has 1 atom stereocenters. The number of nitrogens with two attached hydrogens (primary N) is 1. The molecule has 3 nitrogen and oxygen atoms in total. The fourth-order valence-corrected chi connectivity index (χ4v) is 2.61. The molecule has 17 heavy (non-hydrogen) atoms. The van der Waals surface area contributed by atoms with Crippen LogP contribution < -0.4 is 5.73 Å². The Bertz CT molecular complexity index is 431. The summed E-state index contributed by atoms with van der Waals surface area (Å²) in [4.78, 5) is 5.66. The number of hydrogen-bond acceptors (Lipinski definition) is 3. The van der Waals surface area contributed by atoms with Crippen LogP contribution in [0.5, 0.6) is 0 Å². The molecule has 2 rings (SSSR count). The lowest BCUT2D eigenvalue weighted by Crippen LogP contribution is -2.14. The molecular formula is C13H19N3S. The molecule has 2 N–H and O–H groups in total. The SMILES string of the molecule is CC(N)CCCCn1ccnc1-c1cccs1. The van der Waals surface area contributed by atoms with Crippen LogP contribution in [0.2, 0.25) is 0 Å². The normalized spacial score (nSPS) is 12.8. The molecule has 0 aliphatic carbocycles. The van der Waals surface area contributed by atoms with Gasteiger partial charge in [0, 0.05) is 25.0 Å². The molecule has 0 radical (unpaired) electrons. The second-order valence-corrected chi connectivity index (χ2v) is 5.34. The van der Waals surface area contributed by atoms with Gasteiger partial charge in [0.25, 0.3) is 0 Å². The lowest BCUT2D eigenvalue weighted by Gasteiger charge is -2.07. The highest BCUT2D eigenvalue weighted by Gasteiger charge is 2.06. The van der Waals surface area contributed by atoms with E-state index in [2.05, 4.69) is 40.2 Å². The Labute approximate surface area is 106 Å². The largest absolute Gasteiger partial charge is 0.330 e. The van der Waals surface area contributed by atoms with Crippen molar-refractivity contribution in [2.75, 3.05) is 0 Å². The summed E-state index contributed by atoms with van der Waals surface area (Å²) in [6, 6.07) is 4.50.